The predicted octanol–water partition coefficient (Wildman–Crippen LogP) is 4.24. The summed E-state index contributed by atoms with van der Waals surface area (Å²) in [4.78, 5) is 23.5. The Morgan fingerprint density at radius 1 is 1.07 bits per heavy atom. The van der Waals surface area contributed by atoms with Crippen LogP contribution in [0.1, 0.15) is 28.5 Å². The predicted molar refractivity (Wildman–Crippen MR) is 112 cm³/mol. The second-order valence-corrected chi connectivity index (χ2v) is 6.72. The van der Waals surface area contributed by atoms with Gasteiger partial charge in [-0.2, -0.15) is 5.26 Å². The van der Waals surface area contributed by atoms with Crippen molar-refractivity contribution in [2.45, 2.75) is 13.8 Å². The lowest BCUT2D eigenvalue weighted by molar-refractivity contribution is 0.0983. The summed E-state index contributed by atoms with van der Waals surface area (Å²) in [7, 11) is 0. The van der Waals surface area contributed by atoms with E-state index in [0.29, 0.717) is 23.4 Å². The topological polar surface area (TPSA) is 74.3 Å². The van der Waals surface area contributed by atoms with Gasteiger partial charge in [0, 0.05) is 24.0 Å². The lowest BCUT2D eigenvalue weighted by Crippen LogP contribution is -2.31. The Kier molecular flexibility index (Phi) is 4.80. The Hall–Kier alpha value is -3.98. The van der Waals surface area contributed by atoms with Crippen LogP contribution in [0.25, 0.3) is 16.9 Å². The van der Waals surface area contributed by atoms with Crippen molar-refractivity contribution in [3.05, 3.63) is 83.9 Å². The zero-order valence-electron chi connectivity index (χ0n) is 16.2. The highest BCUT2D eigenvalue weighted by atomic mass is 16.2. The number of carbonyl (C=O) groups excluding carboxylic acids is 1. The van der Waals surface area contributed by atoms with E-state index in [-0.39, 0.29) is 5.91 Å². The smallest absolute Gasteiger partial charge is 0.278 e. The number of imidazole rings is 1. The molecular weight excluding hydrogens is 362 g/mol. The molecule has 2 heterocycles. The quantitative estimate of drug-likeness (QED) is 0.530. The molecule has 0 aliphatic heterocycles. The van der Waals surface area contributed by atoms with Crippen molar-refractivity contribution in [3.8, 4) is 17.3 Å². The van der Waals surface area contributed by atoms with Gasteiger partial charge in [-0.05, 0) is 38.1 Å². The van der Waals surface area contributed by atoms with E-state index in [0.717, 1.165) is 16.9 Å². The van der Waals surface area contributed by atoms with Crippen LogP contribution in [0.2, 0.25) is 0 Å². The lowest BCUT2D eigenvalue weighted by Gasteiger charge is -2.20. The summed E-state index contributed by atoms with van der Waals surface area (Å²) in [6.07, 6.45) is 5.12. The standard InChI is InChI=1S/C23H19N5O/c1-3-27(19-10-6-17(12-24)7-11-19)23(29)20-15-28-21(13-26-22(28)14-25-20)18-8-4-16(2)5-9-18/h4-11,13-15H,3H2,1-2H3. The van der Waals surface area contributed by atoms with E-state index >= 15 is 0 Å². The zero-order chi connectivity index (χ0) is 20.4. The van der Waals surface area contributed by atoms with Gasteiger partial charge in [0.1, 0.15) is 5.69 Å². The molecule has 0 bridgehead atoms. The molecule has 0 fully saturated rings. The molecule has 0 spiro atoms. The van der Waals surface area contributed by atoms with Crippen molar-refractivity contribution < 1.29 is 4.79 Å². The third-order valence-corrected chi connectivity index (χ3v) is 4.83. The molecular formula is C23H19N5O. The van der Waals surface area contributed by atoms with Gasteiger partial charge in [0.15, 0.2) is 5.65 Å². The molecule has 2 aromatic heterocycles. The molecule has 0 saturated heterocycles. The van der Waals surface area contributed by atoms with Gasteiger partial charge in [0.05, 0.1) is 29.7 Å². The van der Waals surface area contributed by atoms with Gasteiger partial charge in [0.25, 0.3) is 5.91 Å². The average Bonchev–Trinajstić information content (AvgIpc) is 3.18. The largest absolute Gasteiger partial charge is 0.307 e. The first-order valence-electron chi connectivity index (χ1n) is 9.33. The molecule has 0 N–H and O–H groups in total. The Labute approximate surface area is 168 Å². The van der Waals surface area contributed by atoms with Crippen LogP contribution in [0, 0.1) is 18.3 Å². The van der Waals surface area contributed by atoms with E-state index in [1.807, 2.05) is 42.5 Å². The molecule has 4 rings (SSSR count). The fourth-order valence-corrected chi connectivity index (χ4v) is 3.24. The highest BCUT2D eigenvalue weighted by Crippen LogP contribution is 2.22. The number of aryl methyl sites for hydroxylation is 1. The van der Waals surface area contributed by atoms with Crippen molar-refractivity contribution in [2.24, 2.45) is 0 Å². The third kappa shape index (κ3) is 3.46. The van der Waals surface area contributed by atoms with Gasteiger partial charge >= 0.3 is 0 Å². The van der Waals surface area contributed by atoms with Crippen molar-refractivity contribution in [1.29, 1.82) is 5.26 Å². The molecule has 0 aliphatic rings. The van der Waals surface area contributed by atoms with Gasteiger partial charge < -0.3 is 4.90 Å². The van der Waals surface area contributed by atoms with E-state index in [1.165, 1.54) is 5.56 Å². The first-order chi connectivity index (χ1) is 14.1. The van der Waals surface area contributed by atoms with Crippen LogP contribution in [0.15, 0.2) is 67.1 Å². The first-order valence-corrected chi connectivity index (χ1v) is 9.33. The maximum absolute atomic E-state index is 13.2. The summed E-state index contributed by atoms with van der Waals surface area (Å²) in [5.41, 5.74) is 5.39. The minimum atomic E-state index is -0.206. The van der Waals surface area contributed by atoms with Crippen LogP contribution in [-0.2, 0) is 0 Å². The number of hydrogen-bond donors (Lipinski definition) is 0. The molecule has 0 radical (unpaired) electrons. The summed E-state index contributed by atoms with van der Waals surface area (Å²) < 4.78 is 1.89. The minimum absolute atomic E-state index is 0.206. The fraction of sp³-hybridized carbons (Fsp3) is 0.130. The number of hydrogen-bond acceptors (Lipinski definition) is 4. The molecule has 1 amide bonds. The Bertz CT molecular complexity index is 1220. The Balaban J connectivity index is 1.72. The highest BCUT2D eigenvalue weighted by molar-refractivity contribution is 6.04. The first kappa shape index (κ1) is 18.4. The molecule has 29 heavy (non-hydrogen) atoms. The summed E-state index contributed by atoms with van der Waals surface area (Å²) in [5, 5.41) is 8.98. The number of fused-ring (bicyclic) bond motifs is 1. The van der Waals surface area contributed by atoms with Crippen molar-refractivity contribution >= 4 is 17.2 Å². The van der Waals surface area contributed by atoms with Crippen LogP contribution < -0.4 is 4.90 Å². The summed E-state index contributed by atoms with van der Waals surface area (Å²) in [6.45, 7) is 4.43. The number of carbonyl (C=O) groups is 1. The molecule has 4 aromatic rings. The molecule has 0 unspecified atom stereocenters. The van der Waals surface area contributed by atoms with Gasteiger partial charge in [0.2, 0.25) is 0 Å². The average molecular weight is 381 g/mol. The second kappa shape index (κ2) is 7.56. The van der Waals surface area contributed by atoms with E-state index in [9.17, 15) is 4.79 Å². The SMILES string of the molecule is CCN(C(=O)c1cn2c(-c3ccc(C)cc3)cnc2cn1)c1ccc(C#N)cc1. The molecule has 0 atom stereocenters. The molecule has 2 aromatic carbocycles. The Morgan fingerprint density at radius 3 is 2.45 bits per heavy atom. The molecule has 142 valence electrons. The highest BCUT2D eigenvalue weighted by Gasteiger charge is 2.19. The number of benzene rings is 2. The van der Waals surface area contributed by atoms with Gasteiger partial charge in [-0.15, -0.1) is 0 Å². The van der Waals surface area contributed by atoms with Crippen LogP contribution in [0.3, 0.4) is 0 Å². The van der Waals surface area contributed by atoms with Crippen molar-refractivity contribution in [3.63, 3.8) is 0 Å². The van der Waals surface area contributed by atoms with Gasteiger partial charge in [-0.3, -0.25) is 9.20 Å². The van der Waals surface area contributed by atoms with E-state index < -0.39 is 0 Å². The van der Waals surface area contributed by atoms with Crippen LogP contribution in [0.4, 0.5) is 5.69 Å². The molecule has 0 aliphatic carbocycles. The zero-order valence-corrected chi connectivity index (χ0v) is 16.2. The monoisotopic (exact) mass is 381 g/mol. The summed E-state index contributed by atoms with van der Waals surface area (Å²) in [6, 6.07) is 17.2. The lowest BCUT2D eigenvalue weighted by atomic mass is 10.1. The van der Waals surface area contributed by atoms with E-state index in [4.69, 9.17) is 5.26 Å². The number of nitrogens with zero attached hydrogens (tertiary/aromatic N) is 5. The van der Waals surface area contributed by atoms with Gasteiger partial charge in [-0.25, -0.2) is 9.97 Å². The van der Waals surface area contributed by atoms with E-state index in [2.05, 4.69) is 16.0 Å². The van der Waals surface area contributed by atoms with Crippen LogP contribution in [-0.4, -0.2) is 26.8 Å². The number of aromatic nitrogens is 3. The number of amides is 1. The number of nitriles is 1. The van der Waals surface area contributed by atoms with Crippen molar-refractivity contribution in [1.82, 2.24) is 14.4 Å². The second-order valence-electron chi connectivity index (χ2n) is 6.72. The minimum Gasteiger partial charge on any atom is -0.307 e. The molecule has 6 heteroatoms. The van der Waals surface area contributed by atoms with Crippen molar-refractivity contribution in [2.75, 3.05) is 11.4 Å². The molecule has 0 saturated carbocycles. The van der Waals surface area contributed by atoms with Crippen LogP contribution >= 0.6 is 0 Å². The van der Waals surface area contributed by atoms with Crippen LogP contribution in [0.5, 0.6) is 0 Å². The maximum Gasteiger partial charge on any atom is 0.278 e. The summed E-state index contributed by atoms with van der Waals surface area (Å²) >= 11 is 0. The number of rotatable bonds is 4. The normalized spacial score (nSPS) is 10.7. The third-order valence-electron chi connectivity index (χ3n) is 4.83. The van der Waals surface area contributed by atoms with Gasteiger partial charge in [-0.1, -0.05) is 29.8 Å². The number of anilines is 1. The Morgan fingerprint density at radius 2 is 1.79 bits per heavy atom. The maximum atomic E-state index is 13.2. The fourth-order valence-electron chi connectivity index (χ4n) is 3.24. The van der Waals surface area contributed by atoms with E-state index in [1.54, 1.807) is 47.8 Å². The summed E-state index contributed by atoms with van der Waals surface area (Å²) in [5.74, 6) is -0.206. The molecule has 6 nitrogen and oxygen atoms in total.